The average molecular weight is 351 g/mol. The highest BCUT2D eigenvalue weighted by Gasteiger charge is 2.29. The van der Waals surface area contributed by atoms with Crippen molar-refractivity contribution in [1.82, 2.24) is 15.3 Å². The molecule has 1 heterocycles. The van der Waals surface area contributed by atoms with Gasteiger partial charge in [-0.3, -0.25) is 5.01 Å². The summed E-state index contributed by atoms with van der Waals surface area (Å²) in [6, 6.07) is 0.330. The normalized spacial score (nSPS) is 17.5. The van der Waals surface area contributed by atoms with Crippen molar-refractivity contribution in [3.05, 3.63) is 35.6 Å². The average Bonchev–Trinajstić information content (AvgIpc) is 2.82. The number of hydrogen-bond donors (Lipinski definition) is 2. The Labute approximate surface area is 149 Å². The van der Waals surface area contributed by atoms with Gasteiger partial charge in [0.25, 0.3) is 0 Å². The fraction of sp³-hybridized carbons (Fsp3) is 0.611. The minimum absolute atomic E-state index is 0.107. The zero-order chi connectivity index (χ0) is 18.1. The van der Waals surface area contributed by atoms with Crippen LogP contribution >= 0.6 is 8.58 Å². The molecule has 0 saturated carbocycles. The minimum Gasteiger partial charge on any atom is -0.384 e. The summed E-state index contributed by atoms with van der Waals surface area (Å²) in [7, 11) is 4.89. The van der Waals surface area contributed by atoms with Gasteiger partial charge < -0.3 is 11.1 Å². The van der Waals surface area contributed by atoms with E-state index in [0.717, 1.165) is 39.4 Å². The number of nitrogens with one attached hydrogen (secondary N) is 1. The molecule has 0 aliphatic carbocycles. The van der Waals surface area contributed by atoms with E-state index in [1.165, 1.54) is 5.31 Å². The van der Waals surface area contributed by atoms with Crippen LogP contribution in [0.1, 0.15) is 33.1 Å². The maximum absolute atomic E-state index is 6.17. The van der Waals surface area contributed by atoms with Gasteiger partial charge in [-0.15, -0.1) is 0 Å². The monoisotopic (exact) mass is 351 g/mol. The lowest BCUT2D eigenvalue weighted by atomic mass is 10.0. The third-order valence-electron chi connectivity index (χ3n) is 4.23. The summed E-state index contributed by atoms with van der Waals surface area (Å²) in [4.78, 5) is 4.69. The van der Waals surface area contributed by atoms with Gasteiger partial charge in [-0.05, 0) is 30.9 Å². The number of nitrogens with zero attached hydrogens (tertiary/aromatic N) is 3. The molecule has 1 rings (SSSR count). The van der Waals surface area contributed by atoms with E-state index in [-0.39, 0.29) is 12.1 Å². The van der Waals surface area contributed by atoms with E-state index in [2.05, 4.69) is 54.6 Å². The number of aliphatic imine (C=N–C) groups is 1. The van der Waals surface area contributed by atoms with Gasteiger partial charge in [-0.25, -0.2) is 10.0 Å². The van der Waals surface area contributed by atoms with Gasteiger partial charge in [-0.1, -0.05) is 35.1 Å². The molecular formula is C18H34N5P. The van der Waals surface area contributed by atoms with E-state index in [1.807, 2.05) is 20.3 Å². The largest absolute Gasteiger partial charge is 0.384 e. The van der Waals surface area contributed by atoms with Crippen molar-refractivity contribution in [2.45, 2.75) is 45.2 Å². The first-order valence-corrected chi connectivity index (χ1v) is 10.2. The zero-order valence-electron chi connectivity index (χ0n) is 15.8. The second-order valence-electron chi connectivity index (χ2n) is 6.09. The zero-order valence-corrected chi connectivity index (χ0v) is 16.8. The third kappa shape index (κ3) is 5.73. The van der Waals surface area contributed by atoms with Crippen LogP contribution in [-0.2, 0) is 0 Å². The van der Waals surface area contributed by atoms with Crippen molar-refractivity contribution < 1.29 is 0 Å². The van der Waals surface area contributed by atoms with Crippen LogP contribution in [0, 0.1) is 0 Å². The molecule has 5 nitrogen and oxygen atoms in total. The summed E-state index contributed by atoms with van der Waals surface area (Å²) in [5, 5.41) is 9.23. The predicted molar refractivity (Wildman–Crippen MR) is 109 cm³/mol. The SMILES string of the molecule is C=C(CC)NC(CC)C(CN)N(C1=CC=C(PC)CC=N1)N(C)C. The summed E-state index contributed by atoms with van der Waals surface area (Å²) >= 11 is 0. The topological polar surface area (TPSA) is 56.9 Å². The number of hydrogen-bond acceptors (Lipinski definition) is 5. The molecule has 1 aliphatic heterocycles. The summed E-state index contributed by atoms with van der Waals surface area (Å²) in [5.41, 5.74) is 7.22. The van der Waals surface area contributed by atoms with Crippen LogP contribution in [0.25, 0.3) is 0 Å². The summed E-state index contributed by atoms with van der Waals surface area (Å²) in [6.07, 6.45) is 9.12. The van der Waals surface area contributed by atoms with Crippen LogP contribution in [0.15, 0.2) is 40.6 Å². The van der Waals surface area contributed by atoms with E-state index >= 15 is 0 Å². The molecule has 1 aliphatic rings. The van der Waals surface area contributed by atoms with E-state index in [4.69, 9.17) is 10.7 Å². The van der Waals surface area contributed by atoms with Crippen LogP contribution in [-0.4, -0.2) is 55.6 Å². The third-order valence-corrected chi connectivity index (χ3v) is 5.24. The Morgan fingerprint density at radius 2 is 2.12 bits per heavy atom. The van der Waals surface area contributed by atoms with Gasteiger partial charge in [0.2, 0.25) is 0 Å². The van der Waals surface area contributed by atoms with E-state index in [9.17, 15) is 0 Å². The van der Waals surface area contributed by atoms with Crippen LogP contribution in [0.5, 0.6) is 0 Å². The smallest absolute Gasteiger partial charge is 0.142 e. The van der Waals surface area contributed by atoms with Gasteiger partial charge in [-0.2, -0.15) is 0 Å². The summed E-state index contributed by atoms with van der Waals surface area (Å²) < 4.78 is 0. The number of rotatable bonds is 10. The fourth-order valence-corrected chi connectivity index (χ4v) is 3.33. The summed E-state index contributed by atoms with van der Waals surface area (Å²) in [6.45, 7) is 11.1. The molecular weight excluding hydrogens is 317 g/mol. The lowest BCUT2D eigenvalue weighted by molar-refractivity contribution is 0.00647. The Balaban J connectivity index is 3.13. The quantitative estimate of drug-likeness (QED) is 0.469. The van der Waals surface area contributed by atoms with Gasteiger partial charge in [0.05, 0.1) is 6.04 Å². The molecule has 24 heavy (non-hydrogen) atoms. The van der Waals surface area contributed by atoms with Gasteiger partial charge >= 0.3 is 0 Å². The van der Waals surface area contributed by atoms with E-state index < -0.39 is 0 Å². The lowest BCUT2D eigenvalue weighted by Gasteiger charge is -2.41. The predicted octanol–water partition coefficient (Wildman–Crippen LogP) is 2.89. The molecule has 6 heteroatoms. The molecule has 3 N–H and O–H groups in total. The molecule has 0 spiro atoms. The standard InChI is InChI=1S/C18H34N5P/c1-7-14(3)21-16(8-2)17(13-19)23(22(4)5)18-10-9-15(24-6)11-12-20-18/h9-10,12,16-17,21,24H,3,7-8,11,13,19H2,1-2,4-6H3. The molecule has 0 aromatic heterocycles. The van der Waals surface area contributed by atoms with Crippen molar-refractivity contribution in [3.63, 3.8) is 0 Å². The first kappa shape index (κ1) is 20.9. The molecule has 0 bridgehead atoms. The van der Waals surface area contributed by atoms with E-state index in [0.29, 0.717) is 6.54 Å². The van der Waals surface area contributed by atoms with Gasteiger partial charge in [0.15, 0.2) is 0 Å². The second kappa shape index (κ2) is 10.7. The van der Waals surface area contributed by atoms with Crippen LogP contribution < -0.4 is 11.1 Å². The molecule has 0 aromatic rings. The molecule has 0 fully saturated rings. The molecule has 0 saturated heterocycles. The molecule has 0 radical (unpaired) electrons. The Bertz CT molecular complexity index is 496. The van der Waals surface area contributed by atoms with Gasteiger partial charge in [0, 0.05) is 45.0 Å². The van der Waals surface area contributed by atoms with Crippen LogP contribution in [0.4, 0.5) is 0 Å². The lowest BCUT2D eigenvalue weighted by Crippen LogP contribution is -2.56. The molecule has 0 amide bonds. The highest BCUT2D eigenvalue weighted by Crippen LogP contribution is 2.26. The fourth-order valence-electron chi connectivity index (χ4n) is 2.79. The number of hydrazine groups is 1. The Morgan fingerprint density at radius 1 is 1.42 bits per heavy atom. The molecule has 3 atom stereocenters. The van der Waals surface area contributed by atoms with Crippen LogP contribution in [0.2, 0.25) is 0 Å². The van der Waals surface area contributed by atoms with Crippen molar-refractivity contribution in [1.29, 1.82) is 0 Å². The van der Waals surface area contributed by atoms with Gasteiger partial charge in [0.1, 0.15) is 5.82 Å². The van der Waals surface area contributed by atoms with Crippen molar-refractivity contribution in [2.24, 2.45) is 10.7 Å². The van der Waals surface area contributed by atoms with Crippen molar-refractivity contribution in [2.75, 3.05) is 27.3 Å². The number of nitrogens with two attached hydrogens (primary N) is 1. The highest BCUT2D eigenvalue weighted by molar-refractivity contribution is 7.42. The summed E-state index contributed by atoms with van der Waals surface area (Å²) in [5.74, 6) is 0.936. The van der Waals surface area contributed by atoms with Crippen molar-refractivity contribution in [3.8, 4) is 0 Å². The van der Waals surface area contributed by atoms with Crippen LogP contribution in [0.3, 0.4) is 0 Å². The highest BCUT2D eigenvalue weighted by atomic mass is 31.1. The van der Waals surface area contributed by atoms with Crippen molar-refractivity contribution >= 4 is 14.8 Å². The maximum Gasteiger partial charge on any atom is 0.142 e. The first-order valence-electron chi connectivity index (χ1n) is 8.70. The Hall–Kier alpha value is -1.16. The van der Waals surface area contributed by atoms with E-state index in [1.54, 1.807) is 0 Å². The number of allylic oxidation sites excluding steroid dienone is 4. The molecule has 3 unspecified atom stereocenters. The minimum atomic E-state index is 0.107. The maximum atomic E-state index is 6.17. The Morgan fingerprint density at radius 3 is 2.62 bits per heavy atom. The molecule has 0 aromatic carbocycles. The Kier molecular flexibility index (Phi) is 9.27. The molecule has 136 valence electrons. The second-order valence-corrected chi connectivity index (χ2v) is 7.24. The first-order chi connectivity index (χ1) is 11.5.